The predicted octanol–water partition coefficient (Wildman–Crippen LogP) is 5.16. The fraction of sp³-hybridized carbons (Fsp3) is 0.957. The number of hydrogen-bond acceptors (Lipinski definition) is 2. The van der Waals surface area contributed by atoms with E-state index in [-0.39, 0.29) is 0 Å². The first-order chi connectivity index (χ1) is 11.8. The number of Topliss-reactive ketones (excluding diaryl/α,β-unsaturated/α-hetero) is 1. The summed E-state index contributed by atoms with van der Waals surface area (Å²) in [7, 11) is 4.52. The third-order valence-electron chi connectivity index (χ3n) is 9.95. The van der Waals surface area contributed by atoms with E-state index in [4.69, 9.17) is 0 Å². The number of carbonyl (C=O) groups excluding carboxylic acids is 1. The Morgan fingerprint density at radius 3 is 2.40 bits per heavy atom. The number of carbonyl (C=O) groups is 1. The van der Waals surface area contributed by atoms with Crippen LogP contribution in [0.15, 0.2) is 0 Å². The molecule has 0 N–H and O–H groups in total. The Balaban J connectivity index is 1.59. The van der Waals surface area contributed by atoms with E-state index >= 15 is 0 Å². The van der Waals surface area contributed by atoms with Crippen LogP contribution >= 0.6 is 0 Å². The molecule has 0 aromatic heterocycles. The van der Waals surface area contributed by atoms with Gasteiger partial charge in [-0.3, -0.25) is 4.79 Å². The van der Waals surface area contributed by atoms with Crippen molar-refractivity contribution in [2.24, 2.45) is 40.4 Å². The van der Waals surface area contributed by atoms with Crippen LogP contribution in [-0.2, 0) is 4.79 Å². The van der Waals surface area contributed by atoms with Crippen LogP contribution in [0.4, 0.5) is 0 Å². The van der Waals surface area contributed by atoms with Gasteiger partial charge in [-0.25, -0.2) is 0 Å². The van der Waals surface area contributed by atoms with Gasteiger partial charge in [-0.1, -0.05) is 13.8 Å². The Hall–Kier alpha value is -0.370. The molecule has 2 nitrogen and oxygen atoms in total. The smallest absolute Gasteiger partial charge is 0.133 e. The van der Waals surface area contributed by atoms with Crippen LogP contribution in [0, 0.1) is 40.4 Å². The Labute approximate surface area is 155 Å². The van der Waals surface area contributed by atoms with Crippen molar-refractivity contribution in [3.05, 3.63) is 0 Å². The van der Waals surface area contributed by atoms with E-state index in [1.54, 1.807) is 0 Å². The Bertz CT molecular complexity index is 542. The standard InChI is InChI=1S/C23H39NO/c1-15(24(4)5)19-8-9-20-18-7-6-16-14-17(25)10-12-22(16,2)21(18)11-13-23(19,20)3/h15-16,18-21H,6-14H2,1-5H3/t15-,16+,18+,19-,20+,21+,22+,23-/m1/s1. The Morgan fingerprint density at radius 2 is 1.68 bits per heavy atom. The highest BCUT2D eigenvalue weighted by Crippen LogP contribution is 2.67. The van der Waals surface area contributed by atoms with Gasteiger partial charge >= 0.3 is 0 Å². The largest absolute Gasteiger partial charge is 0.306 e. The molecule has 4 saturated carbocycles. The van der Waals surface area contributed by atoms with Crippen molar-refractivity contribution >= 4 is 5.78 Å². The number of fused-ring (bicyclic) bond motifs is 5. The van der Waals surface area contributed by atoms with Gasteiger partial charge in [-0.2, -0.15) is 0 Å². The van der Waals surface area contributed by atoms with Crippen LogP contribution in [-0.4, -0.2) is 30.8 Å². The van der Waals surface area contributed by atoms with Gasteiger partial charge in [-0.15, -0.1) is 0 Å². The van der Waals surface area contributed by atoms with Crippen molar-refractivity contribution in [2.75, 3.05) is 14.1 Å². The topological polar surface area (TPSA) is 20.3 Å². The van der Waals surface area contributed by atoms with Crippen molar-refractivity contribution in [3.63, 3.8) is 0 Å². The van der Waals surface area contributed by atoms with Crippen molar-refractivity contribution in [1.29, 1.82) is 0 Å². The molecule has 0 amide bonds. The predicted molar refractivity (Wildman–Crippen MR) is 103 cm³/mol. The molecule has 0 saturated heterocycles. The average Bonchev–Trinajstić information content (AvgIpc) is 2.92. The van der Waals surface area contributed by atoms with Crippen molar-refractivity contribution in [2.45, 2.75) is 84.6 Å². The maximum Gasteiger partial charge on any atom is 0.133 e. The molecule has 25 heavy (non-hydrogen) atoms. The third kappa shape index (κ3) is 2.57. The third-order valence-corrected chi connectivity index (χ3v) is 9.95. The first-order valence-electron chi connectivity index (χ1n) is 11.0. The second-order valence-electron chi connectivity index (χ2n) is 10.8. The first kappa shape index (κ1) is 18.0. The summed E-state index contributed by atoms with van der Waals surface area (Å²) in [5, 5.41) is 0. The number of hydrogen-bond donors (Lipinski definition) is 0. The fourth-order valence-electron chi connectivity index (χ4n) is 8.24. The van der Waals surface area contributed by atoms with Gasteiger partial charge in [0, 0.05) is 18.9 Å². The van der Waals surface area contributed by atoms with E-state index in [0.29, 0.717) is 28.6 Å². The van der Waals surface area contributed by atoms with Crippen molar-refractivity contribution in [1.82, 2.24) is 4.90 Å². The average molecular weight is 346 g/mol. The molecular weight excluding hydrogens is 306 g/mol. The highest BCUT2D eigenvalue weighted by atomic mass is 16.1. The van der Waals surface area contributed by atoms with E-state index in [1.807, 2.05) is 0 Å². The molecule has 0 heterocycles. The second kappa shape index (κ2) is 6.08. The van der Waals surface area contributed by atoms with Crippen molar-refractivity contribution < 1.29 is 4.79 Å². The molecule has 0 spiro atoms. The van der Waals surface area contributed by atoms with E-state index in [1.165, 1.54) is 44.9 Å². The summed E-state index contributed by atoms with van der Waals surface area (Å²) in [6.07, 6.45) is 11.4. The molecule has 4 rings (SSSR count). The van der Waals surface area contributed by atoms with E-state index in [2.05, 4.69) is 39.8 Å². The van der Waals surface area contributed by atoms with Gasteiger partial charge < -0.3 is 4.90 Å². The molecule has 0 unspecified atom stereocenters. The molecule has 0 aliphatic heterocycles. The lowest BCUT2D eigenvalue weighted by atomic mass is 9.44. The van der Waals surface area contributed by atoms with Gasteiger partial charge in [0.2, 0.25) is 0 Å². The Morgan fingerprint density at radius 1 is 0.960 bits per heavy atom. The maximum atomic E-state index is 12.0. The highest BCUT2D eigenvalue weighted by Gasteiger charge is 2.60. The number of ketones is 1. The van der Waals surface area contributed by atoms with Crippen LogP contribution in [0.5, 0.6) is 0 Å². The minimum atomic E-state index is 0.462. The molecule has 4 aliphatic carbocycles. The second-order valence-corrected chi connectivity index (χ2v) is 10.8. The highest BCUT2D eigenvalue weighted by molar-refractivity contribution is 5.79. The molecular formula is C23H39NO. The lowest BCUT2D eigenvalue weighted by Crippen LogP contribution is -2.54. The summed E-state index contributed by atoms with van der Waals surface area (Å²) in [6, 6.07) is 0.700. The molecule has 0 aromatic rings. The van der Waals surface area contributed by atoms with Gasteiger partial charge in [0.25, 0.3) is 0 Å². The zero-order valence-corrected chi connectivity index (χ0v) is 17.2. The maximum absolute atomic E-state index is 12.0. The minimum Gasteiger partial charge on any atom is -0.306 e. The van der Waals surface area contributed by atoms with E-state index in [0.717, 1.165) is 36.5 Å². The van der Waals surface area contributed by atoms with Crippen LogP contribution in [0.25, 0.3) is 0 Å². The van der Waals surface area contributed by atoms with Gasteiger partial charge in [0.1, 0.15) is 5.78 Å². The van der Waals surface area contributed by atoms with Gasteiger partial charge in [0.15, 0.2) is 0 Å². The molecule has 0 aromatic carbocycles. The summed E-state index contributed by atoms with van der Waals surface area (Å²) >= 11 is 0. The summed E-state index contributed by atoms with van der Waals surface area (Å²) < 4.78 is 0. The SMILES string of the molecule is C[C@H]([C@H]1CC[C@H]2[C@@H]3CC[C@H]4CC(=O)CC[C@]4(C)[C@H]3CC[C@]12C)N(C)C. The lowest BCUT2D eigenvalue weighted by Gasteiger charge is -2.60. The Kier molecular flexibility index (Phi) is 4.38. The zero-order valence-electron chi connectivity index (χ0n) is 17.2. The molecule has 142 valence electrons. The summed E-state index contributed by atoms with van der Waals surface area (Å²) in [5.41, 5.74) is 1.02. The molecule has 0 radical (unpaired) electrons. The summed E-state index contributed by atoms with van der Waals surface area (Å²) in [5.74, 6) is 4.87. The number of nitrogens with zero attached hydrogens (tertiary/aromatic N) is 1. The van der Waals surface area contributed by atoms with Crippen molar-refractivity contribution in [3.8, 4) is 0 Å². The zero-order chi connectivity index (χ0) is 18.0. The normalized spacial score (nSPS) is 51.0. The van der Waals surface area contributed by atoms with E-state index < -0.39 is 0 Å². The minimum absolute atomic E-state index is 0.462. The first-order valence-corrected chi connectivity index (χ1v) is 11.0. The van der Waals surface area contributed by atoms with Gasteiger partial charge in [0.05, 0.1) is 0 Å². The van der Waals surface area contributed by atoms with Gasteiger partial charge in [-0.05, 0) is 106 Å². The molecule has 8 atom stereocenters. The lowest BCUT2D eigenvalue weighted by molar-refractivity contribution is -0.140. The molecule has 4 fully saturated rings. The van der Waals surface area contributed by atoms with Crippen LogP contribution in [0.1, 0.15) is 78.6 Å². The number of rotatable bonds is 2. The monoisotopic (exact) mass is 345 g/mol. The molecule has 0 bridgehead atoms. The molecule has 2 heteroatoms. The molecule has 4 aliphatic rings. The van der Waals surface area contributed by atoms with Crippen LogP contribution in [0.2, 0.25) is 0 Å². The quantitative estimate of drug-likeness (QED) is 0.688. The van der Waals surface area contributed by atoms with Crippen LogP contribution < -0.4 is 0 Å². The van der Waals surface area contributed by atoms with E-state index in [9.17, 15) is 4.79 Å². The fourth-order valence-corrected chi connectivity index (χ4v) is 8.24. The summed E-state index contributed by atoms with van der Waals surface area (Å²) in [4.78, 5) is 14.5. The summed E-state index contributed by atoms with van der Waals surface area (Å²) in [6.45, 7) is 7.66. The van der Waals surface area contributed by atoms with Crippen LogP contribution in [0.3, 0.4) is 0 Å².